The Morgan fingerprint density at radius 2 is 1.87 bits per heavy atom. The van der Waals surface area contributed by atoms with E-state index in [-0.39, 0.29) is 5.91 Å². The van der Waals surface area contributed by atoms with Crippen LogP contribution in [0.15, 0.2) is 47.8 Å². The van der Waals surface area contributed by atoms with Crippen LogP contribution in [-0.4, -0.2) is 24.1 Å². The summed E-state index contributed by atoms with van der Waals surface area (Å²) in [7, 11) is 0. The fourth-order valence-corrected chi connectivity index (χ4v) is 3.62. The second kappa shape index (κ2) is 10.8. The van der Waals surface area contributed by atoms with E-state index in [0.29, 0.717) is 31.2 Å². The van der Waals surface area contributed by atoms with E-state index in [0.717, 1.165) is 34.7 Å². The zero-order chi connectivity index (χ0) is 21.3. The summed E-state index contributed by atoms with van der Waals surface area (Å²) in [5, 5.41) is 5.43. The van der Waals surface area contributed by atoms with Crippen LogP contribution in [0.1, 0.15) is 37.3 Å². The summed E-state index contributed by atoms with van der Waals surface area (Å²) in [6, 6.07) is 13.9. The quantitative estimate of drug-likeness (QED) is 0.405. The number of rotatable bonds is 10. The minimum absolute atomic E-state index is 0.0521. The van der Waals surface area contributed by atoms with Crippen LogP contribution < -0.4 is 14.8 Å². The first kappa shape index (κ1) is 21.8. The molecule has 0 saturated heterocycles. The van der Waals surface area contributed by atoms with Crippen molar-refractivity contribution >= 4 is 22.4 Å². The van der Waals surface area contributed by atoms with Crippen LogP contribution in [0.5, 0.6) is 11.5 Å². The Kier molecular flexibility index (Phi) is 7.85. The molecule has 0 bridgehead atoms. The van der Waals surface area contributed by atoms with Gasteiger partial charge in [0.2, 0.25) is 5.91 Å². The first-order valence-corrected chi connectivity index (χ1v) is 11.1. The van der Waals surface area contributed by atoms with Crippen molar-refractivity contribution in [2.24, 2.45) is 0 Å². The molecule has 0 atom stereocenters. The number of nitrogens with zero attached hydrogens (tertiary/aromatic N) is 1. The average Bonchev–Trinajstić information content (AvgIpc) is 3.21. The molecule has 0 fully saturated rings. The SMILES string of the molecule is CCCOc1ccc(-c2csc(NC(=O)CCCOc3cccc(C)c3C)n2)cc1. The summed E-state index contributed by atoms with van der Waals surface area (Å²) in [6.07, 6.45) is 2.02. The number of hydrogen-bond acceptors (Lipinski definition) is 5. The molecule has 0 saturated carbocycles. The number of amides is 1. The predicted molar refractivity (Wildman–Crippen MR) is 123 cm³/mol. The lowest BCUT2D eigenvalue weighted by Gasteiger charge is -2.10. The van der Waals surface area contributed by atoms with Gasteiger partial charge in [0.25, 0.3) is 0 Å². The van der Waals surface area contributed by atoms with Gasteiger partial charge in [-0.25, -0.2) is 4.98 Å². The van der Waals surface area contributed by atoms with Gasteiger partial charge in [0.1, 0.15) is 11.5 Å². The fraction of sp³-hybridized carbons (Fsp3) is 0.333. The van der Waals surface area contributed by atoms with Gasteiger partial charge in [-0.1, -0.05) is 19.1 Å². The van der Waals surface area contributed by atoms with E-state index in [9.17, 15) is 4.79 Å². The maximum atomic E-state index is 12.2. The summed E-state index contributed by atoms with van der Waals surface area (Å²) in [4.78, 5) is 16.7. The van der Waals surface area contributed by atoms with Gasteiger partial charge in [-0.15, -0.1) is 11.3 Å². The highest BCUT2D eigenvalue weighted by Gasteiger charge is 2.09. The number of aromatic nitrogens is 1. The molecule has 0 spiro atoms. The molecule has 3 rings (SSSR count). The standard InChI is InChI=1S/C24H28N2O3S/c1-4-14-28-20-12-10-19(11-13-20)21-16-30-24(25-21)26-23(27)9-6-15-29-22-8-5-7-17(2)18(22)3/h5,7-8,10-13,16H,4,6,9,14-15H2,1-3H3,(H,25,26,27). The van der Waals surface area contributed by atoms with Gasteiger partial charge in [0.05, 0.1) is 18.9 Å². The van der Waals surface area contributed by atoms with Crippen molar-refractivity contribution < 1.29 is 14.3 Å². The molecule has 0 unspecified atom stereocenters. The Hall–Kier alpha value is -2.86. The van der Waals surface area contributed by atoms with Gasteiger partial charge in [0, 0.05) is 17.4 Å². The summed E-state index contributed by atoms with van der Waals surface area (Å²) in [5.74, 6) is 1.68. The molecule has 6 heteroatoms. The van der Waals surface area contributed by atoms with Gasteiger partial charge in [-0.3, -0.25) is 4.79 Å². The predicted octanol–water partition coefficient (Wildman–Crippen LogP) is 6.01. The first-order valence-electron chi connectivity index (χ1n) is 10.2. The van der Waals surface area contributed by atoms with Crippen LogP contribution in [0.3, 0.4) is 0 Å². The number of carbonyl (C=O) groups is 1. The van der Waals surface area contributed by atoms with E-state index in [2.05, 4.69) is 30.2 Å². The van der Waals surface area contributed by atoms with Crippen molar-refractivity contribution in [3.05, 3.63) is 59.0 Å². The molecule has 30 heavy (non-hydrogen) atoms. The van der Waals surface area contributed by atoms with Crippen molar-refractivity contribution in [3.63, 3.8) is 0 Å². The van der Waals surface area contributed by atoms with E-state index >= 15 is 0 Å². The summed E-state index contributed by atoms with van der Waals surface area (Å²) >= 11 is 1.42. The molecule has 0 aliphatic rings. The number of nitrogens with one attached hydrogen (secondary N) is 1. The second-order valence-corrected chi connectivity index (χ2v) is 7.97. The molecule has 1 amide bonds. The Morgan fingerprint density at radius 1 is 1.07 bits per heavy atom. The summed E-state index contributed by atoms with van der Waals surface area (Å²) in [5.41, 5.74) is 4.18. The summed E-state index contributed by atoms with van der Waals surface area (Å²) in [6.45, 7) is 7.41. The lowest BCUT2D eigenvalue weighted by atomic mass is 10.1. The number of anilines is 1. The van der Waals surface area contributed by atoms with E-state index in [1.807, 2.05) is 48.7 Å². The van der Waals surface area contributed by atoms with Crippen molar-refractivity contribution in [2.45, 2.75) is 40.0 Å². The summed E-state index contributed by atoms with van der Waals surface area (Å²) < 4.78 is 11.4. The number of thiazole rings is 1. The largest absolute Gasteiger partial charge is 0.494 e. The molecule has 0 radical (unpaired) electrons. The highest BCUT2D eigenvalue weighted by molar-refractivity contribution is 7.14. The number of hydrogen-bond donors (Lipinski definition) is 1. The third-order valence-electron chi connectivity index (χ3n) is 4.73. The fourth-order valence-electron chi connectivity index (χ4n) is 2.88. The normalized spacial score (nSPS) is 10.6. The Labute approximate surface area is 182 Å². The average molecular weight is 425 g/mol. The van der Waals surface area contributed by atoms with Gasteiger partial charge in [-0.05, 0) is 68.1 Å². The molecule has 3 aromatic rings. The smallest absolute Gasteiger partial charge is 0.226 e. The molecule has 158 valence electrons. The zero-order valence-electron chi connectivity index (χ0n) is 17.7. The maximum absolute atomic E-state index is 12.2. The van der Waals surface area contributed by atoms with Crippen LogP contribution in [0.25, 0.3) is 11.3 Å². The highest BCUT2D eigenvalue weighted by Crippen LogP contribution is 2.27. The molecule has 0 aliphatic carbocycles. The lowest BCUT2D eigenvalue weighted by Crippen LogP contribution is -2.12. The van der Waals surface area contributed by atoms with Crippen LogP contribution >= 0.6 is 11.3 Å². The van der Waals surface area contributed by atoms with Crippen molar-refractivity contribution in [1.29, 1.82) is 0 Å². The molecule has 0 aliphatic heterocycles. The topological polar surface area (TPSA) is 60.5 Å². The van der Waals surface area contributed by atoms with Gasteiger partial charge in [-0.2, -0.15) is 0 Å². The Morgan fingerprint density at radius 3 is 2.63 bits per heavy atom. The number of ether oxygens (including phenoxy) is 2. The number of benzene rings is 2. The van der Waals surface area contributed by atoms with Gasteiger partial charge in [0.15, 0.2) is 5.13 Å². The van der Waals surface area contributed by atoms with Crippen LogP contribution in [-0.2, 0) is 4.79 Å². The molecule has 1 N–H and O–H groups in total. The molecular weight excluding hydrogens is 396 g/mol. The zero-order valence-corrected chi connectivity index (χ0v) is 18.6. The number of carbonyl (C=O) groups excluding carboxylic acids is 1. The van der Waals surface area contributed by atoms with Crippen LogP contribution in [0.2, 0.25) is 0 Å². The van der Waals surface area contributed by atoms with Crippen molar-refractivity contribution in [2.75, 3.05) is 18.5 Å². The van der Waals surface area contributed by atoms with Gasteiger partial charge >= 0.3 is 0 Å². The Bertz CT molecular complexity index is 967. The lowest BCUT2D eigenvalue weighted by molar-refractivity contribution is -0.116. The number of aryl methyl sites for hydroxylation is 1. The molecule has 1 heterocycles. The highest BCUT2D eigenvalue weighted by atomic mass is 32.1. The van der Waals surface area contributed by atoms with Crippen molar-refractivity contribution in [1.82, 2.24) is 4.98 Å². The molecule has 2 aromatic carbocycles. The third kappa shape index (κ3) is 6.07. The van der Waals surface area contributed by atoms with Crippen LogP contribution in [0.4, 0.5) is 5.13 Å². The van der Waals surface area contributed by atoms with E-state index in [1.165, 1.54) is 16.9 Å². The molecule has 5 nitrogen and oxygen atoms in total. The van der Waals surface area contributed by atoms with Crippen LogP contribution in [0, 0.1) is 13.8 Å². The molecule has 1 aromatic heterocycles. The Balaban J connectivity index is 1.45. The minimum atomic E-state index is -0.0521. The minimum Gasteiger partial charge on any atom is -0.494 e. The van der Waals surface area contributed by atoms with E-state index in [4.69, 9.17) is 9.47 Å². The van der Waals surface area contributed by atoms with E-state index < -0.39 is 0 Å². The second-order valence-electron chi connectivity index (χ2n) is 7.11. The van der Waals surface area contributed by atoms with Crippen molar-refractivity contribution in [3.8, 4) is 22.8 Å². The van der Waals surface area contributed by atoms with E-state index in [1.54, 1.807) is 0 Å². The molecular formula is C24H28N2O3S. The third-order valence-corrected chi connectivity index (χ3v) is 5.49. The van der Waals surface area contributed by atoms with Gasteiger partial charge < -0.3 is 14.8 Å². The maximum Gasteiger partial charge on any atom is 0.226 e. The monoisotopic (exact) mass is 424 g/mol. The first-order chi connectivity index (χ1) is 14.6.